The molecule has 0 spiro atoms. The van der Waals surface area contributed by atoms with E-state index in [9.17, 15) is 14.4 Å². The SMILES string of the molecule is COC(=O)[C@@H](NC(=O)c1nc(-c2ccc(NC(=O)Nc3ccc4c(c3)CCC4)cc2)cs1)C(C)C. The average molecular weight is 493 g/mol. The number of hydrogen-bond donors (Lipinski definition) is 3. The molecule has 0 saturated carbocycles. The van der Waals surface area contributed by atoms with Crippen molar-refractivity contribution in [2.45, 2.75) is 39.2 Å². The standard InChI is InChI=1S/C26H28N4O4S/c1-15(2)22(25(32)34-3)30-23(31)24-29-21(14-35-24)17-8-10-19(11-9-17)27-26(33)28-20-12-7-16-5-4-6-18(16)13-20/h7-15,22H,4-6H2,1-3H3,(H,30,31)(H2,27,28,33)/t22-/m0/s1. The van der Waals surface area contributed by atoms with Crippen LogP contribution in [0.3, 0.4) is 0 Å². The molecule has 0 fully saturated rings. The van der Waals surface area contributed by atoms with Crippen molar-refractivity contribution < 1.29 is 19.1 Å². The Bertz CT molecular complexity index is 1240. The number of ether oxygens (including phenoxy) is 1. The fourth-order valence-electron chi connectivity index (χ4n) is 4.01. The summed E-state index contributed by atoms with van der Waals surface area (Å²) in [7, 11) is 1.29. The first-order chi connectivity index (χ1) is 16.8. The second-order valence-electron chi connectivity index (χ2n) is 8.75. The highest BCUT2D eigenvalue weighted by Crippen LogP contribution is 2.26. The number of thiazole rings is 1. The number of hydrogen-bond acceptors (Lipinski definition) is 6. The van der Waals surface area contributed by atoms with Gasteiger partial charge in [0, 0.05) is 22.3 Å². The Morgan fingerprint density at radius 2 is 1.66 bits per heavy atom. The lowest BCUT2D eigenvalue weighted by Gasteiger charge is -2.18. The van der Waals surface area contributed by atoms with Crippen molar-refractivity contribution in [1.29, 1.82) is 0 Å². The van der Waals surface area contributed by atoms with Crippen LogP contribution in [0.25, 0.3) is 11.3 Å². The Morgan fingerprint density at radius 1 is 0.971 bits per heavy atom. The molecule has 1 aliphatic rings. The first-order valence-electron chi connectivity index (χ1n) is 11.5. The molecule has 3 amide bonds. The van der Waals surface area contributed by atoms with Gasteiger partial charge in [0.05, 0.1) is 12.8 Å². The zero-order valence-electron chi connectivity index (χ0n) is 19.9. The van der Waals surface area contributed by atoms with Crippen molar-refractivity contribution in [3.8, 4) is 11.3 Å². The molecule has 35 heavy (non-hydrogen) atoms. The second kappa shape index (κ2) is 10.7. The van der Waals surface area contributed by atoms with Gasteiger partial charge >= 0.3 is 12.0 Å². The summed E-state index contributed by atoms with van der Waals surface area (Å²) < 4.78 is 4.77. The second-order valence-corrected chi connectivity index (χ2v) is 9.61. The Morgan fingerprint density at radius 3 is 2.37 bits per heavy atom. The summed E-state index contributed by atoms with van der Waals surface area (Å²) in [5.41, 5.74) is 5.51. The third kappa shape index (κ3) is 5.86. The lowest BCUT2D eigenvalue weighted by Crippen LogP contribution is -2.45. The summed E-state index contributed by atoms with van der Waals surface area (Å²) >= 11 is 1.19. The molecule has 3 aromatic rings. The number of nitrogens with one attached hydrogen (secondary N) is 3. The van der Waals surface area contributed by atoms with Crippen molar-refractivity contribution in [2.75, 3.05) is 17.7 Å². The maximum absolute atomic E-state index is 12.6. The lowest BCUT2D eigenvalue weighted by molar-refractivity contribution is -0.144. The molecule has 0 aliphatic heterocycles. The molecule has 2 aromatic carbocycles. The summed E-state index contributed by atoms with van der Waals surface area (Å²) in [6.07, 6.45) is 3.32. The van der Waals surface area contributed by atoms with E-state index in [0.717, 1.165) is 30.5 Å². The van der Waals surface area contributed by atoms with Crippen molar-refractivity contribution in [3.05, 3.63) is 64.0 Å². The third-order valence-corrected chi connectivity index (χ3v) is 6.74. The smallest absolute Gasteiger partial charge is 0.328 e. The van der Waals surface area contributed by atoms with Crippen molar-refractivity contribution in [1.82, 2.24) is 10.3 Å². The van der Waals surface area contributed by atoms with E-state index in [1.807, 2.05) is 38.1 Å². The Hall–Kier alpha value is -3.72. The van der Waals surface area contributed by atoms with Crippen LogP contribution in [0.4, 0.5) is 16.2 Å². The number of nitrogens with zero attached hydrogens (tertiary/aromatic N) is 1. The summed E-state index contributed by atoms with van der Waals surface area (Å²) in [4.78, 5) is 41.3. The molecule has 1 atom stereocenters. The van der Waals surface area contributed by atoms with Crippen molar-refractivity contribution in [2.24, 2.45) is 5.92 Å². The average Bonchev–Trinajstić information content (AvgIpc) is 3.52. The molecule has 9 heteroatoms. The monoisotopic (exact) mass is 492 g/mol. The largest absolute Gasteiger partial charge is 0.467 e. The summed E-state index contributed by atoms with van der Waals surface area (Å²) in [5, 5.41) is 10.4. The van der Waals surface area contributed by atoms with Crippen molar-refractivity contribution >= 4 is 40.6 Å². The Labute approximate surface area is 208 Å². The fraction of sp³-hybridized carbons (Fsp3) is 0.308. The summed E-state index contributed by atoms with van der Waals surface area (Å²) in [5.74, 6) is -1.04. The minimum absolute atomic E-state index is 0.120. The molecule has 1 heterocycles. The van der Waals surface area contributed by atoms with E-state index in [2.05, 4.69) is 27.0 Å². The van der Waals surface area contributed by atoms with E-state index in [1.165, 1.54) is 29.6 Å². The Kier molecular flexibility index (Phi) is 7.45. The molecule has 0 saturated heterocycles. The molecule has 182 valence electrons. The van der Waals surface area contributed by atoms with Crippen LogP contribution in [0.5, 0.6) is 0 Å². The number of carbonyl (C=O) groups is 3. The molecule has 4 rings (SSSR count). The van der Waals surface area contributed by atoms with Crippen LogP contribution in [0.2, 0.25) is 0 Å². The van der Waals surface area contributed by atoms with Gasteiger partial charge in [-0.2, -0.15) is 0 Å². The van der Waals surface area contributed by atoms with Crippen LogP contribution in [0.15, 0.2) is 47.8 Å². The number of aromatic nitrogens is 1. The number of aryl methyl sites for hydroxylation is 2. The first kappa shape index (κ1) is 24.4. The first-order valence-corrected chi connectivity index (χ1v) is 12.4. The molecule has 3 N–H and O–H groups in total. The maximum Gasteiger partial charge on any atom is 0.328 e. The molecular weight excluding hydrogens is 464 g/mol. The number of methoxy groups -OCH3 is 1. The highest BCUT2D eigenvalue weighted by atomic mass is 32.1. The van der Waals surface area contributed by atoms with E-state index in [-0.39, 0.29) is 17.0 Å². The van der Waals surface area contributed by atoms with Gasteiger partial charge in [-0.15, -0.1) is 11.3 Å². The van der Waals surface area contributed by atoms with Gasteiger partial charge in [0.15, 0.2) is 5.01 Å². The van der Waals surface area contributed by atoms with Crippen LogP contribution in [0, 0.1) is 5.92 Å². The predicted octanol–water partition coefficient (Wildman–Crippen LogP) is 4.87. The van der Waals surface area contributed by atoms with E-state index >= 15 is 0 Å². The number of esters is 1. The van der Waals surface area contributed by atoms with Crippen LogP contribution < -0.4 is 16.0 Å². The highest BCUT2D eigenvalue weighted by Gasteiger charge is 2.26. The van der Waals surface area contributed by atoms with Gasteiger partial charge in [-0.3, -0.25) is 4.79 Å². The van der Waals surface area contributed by atoms with Gasteiger partial charge in [-0.25, -0.2) is 14.6 Å². The van der Waals surface area contributed by atoms with Gasteiger partial charge in [0.1, 0.15) is 6.04 Å². The number of benzene rings is 2. The molecular formula is C26H28N4O4S. The molecule has 0 radical (unpaired) electrons. The van der Waals surface area contributed by atoms with Crippen LogP contribution >= 0.6 is 11.3 Å². The summed E-state index contributed by atoms with van der Waals surface area (Å²) in [6, 6.07) is 12.2. The number of anilines is 2. The van der Waals surface area contributed by atoms with E-state index in [0.29, 0.717) is 11.4 Å². The number of carbonyl (C=O) groups excluding carboxylic acids is 3. The summed E-state index contributed by atoms with van der Waals surface area (Å²) in [6.45, 7) is 3.66. The number of amides is 3. The van der Waals surface area contributed by atoms with Crippen molar-refractivity contribution in [3.63, 3.8) is 0 Å². The molecule has 0 bridgehead atoms. The van der Waals surface area contributed by atoms with Gasteiger partial charge in [0.25, 0.3) is 5.91 Å². The third-order valence-electron chi connectivity index (χ3n) is 5.90. The quantitative estimate of drug-likeness (QED) is 0.408. The van der Waals surface area contributed by atoms with Gasteiger partial charge in [-0.1, -0.05) is 32.0 Å². The minimum Gasteiger partial charge on any atom is -0.467 e. The molecule has 0 unspecified atom stereocenters. The Balaban J connectivity index is 1.36. The highest BCUT2D eigenvalue weighted by molar-refractivity contribution is 7.12. The predicted molar refractivity (Wildman–Crippen MR) is 137 cm³/mol. The van der Waals surface area contributed by atoms with Crippen LogP contribution in [-0.2, 0) is 22.4 Å². The van der Waals surface area contributed by atoms with Crippen LogP contribution in [-0.4, -0.2) is 36.0 Å². The topological polar surface area (TPSA) is 109 Å². The van der Waals surface area contributed by atoms with Crippen LogP contribution in [0.1, 0.15) is 41.2 Å². The lowest BCUT2D eigenvalue weighted by atomic mass is 10.0. The number of rotatable bonds is 7. The van der Waals surface area contributed by atoms with E-state index < -0.39 is 17.9 Å². The van der Waals surface area contributed by atoms with E-state index in [4.69, 9.17) is 4.74 Å². The molecule has 1 aromatic heterocycles. The maximum atomic E-state index is 12.6. The molecule has 8 nitrogen and oxygen atoms in total. The van der Waals surface area contributed by atoms with Gasteiger partial charge in [0.2, 0.25) is 0 Å². The minimum atomic E-state index is -0.742. The van der Waals surface area contributed by atoms with Gasteiger partial charge < -0.3 is 20.7 Å². The zero-order valence-corrected chi connectivity index (χ0v) is 20.7. The normalized spacial score (nSPS) is 13.1. The molecule has 1 aliphatic carbocycles. The fourth-order valence-corrected chi connectivity index (χ4v) is 4.73. The van der Waals surface area contributed by atoms with Gasteiger partial charge in [-0.05, 0) is 60.6 Å². The zero-order chi connectivity index (χ0) is 24.9. The van der Waals surface area contributed by atoms with E-state index in [1.54, 1.807) is 17.5 Å². The number of fused-ring (bicyclic) bond motifs is 1. The number of urea groups is 1.